The second-order valence-corrected chi connectivity index (χ2v) is 7.93. The molecule has 0 heterocycles. The van der Waals surface area contributed by atoms with Crippen LogP contribution in [0.1, 0.15) is 111 Å². The predicted molar refractivity (Wildman–Crippen MR) is 117 cm³/mol. The van der Waals surface area contributed by atoms with Crippen molar-refractivity contribution in [3.8, 4) is 0 Å². The Hall–Kier alpha value is -0.540. The van der Waals surface area contributed by atoms with Gasteiger partial charge in [0.15, 0.2) is 5.79 Å². The number of hydrogen-bond acceptors (Lipinski definition) is 3. The topological polar surface area (TPSA) is 27.7 Å². The lowest BCUT2D eigenvalue weighted by Crippen LogP contribution is -2.39. The lowest BCUT2D eigenvalue weighted by molar-refractivity contribution is -0.230. The van der Waals surface area contributed by atoms with Crippen LogP contribution in [0.3, 0.4) is 0 Å². The molecule has 1 unspecified atom stereocenters. The van der Waals surface area contributed by atoms with E-state index in [1.165, 1.54) is 83.5 Å². The van der Waals surface area contributed by atoms with Crippen LogP contribution >= 0.6 is 0 Å². The molecule has 0 aliphatic carbocycles. The molecule has 0 aromatic heterocycles. The zero-order valence-corrected chi connectivity index (χ0v) is 19.1. The zero-order valence-electron chi connectivity index (χ0n) is 19.1. The van der Waals surface area contributed by atoms with Crippen LogP contribution in [0.4, 0.5) is 0 Å². The van der Waals surface area contributed by atoms with Crippen molar-refractivity contribution in [1.29, 1.82) is 0 Å². The van der Waals surface area contributed by atoms with Gasteiger partial charge in [0.05, 0.1) is 12.9 Å². The van der Waals surface area contributed by atoms with E-state index in [1.807, 2.05) is 13.0 Å². The smallest absolute Gasteiger partial charge is 0.167 e. The molecule has 1 atom stereocenters. The Bertz CT molecular complexity index is 324. The molecule has 0 aromatic carbocycles. The first kappa shape index (κ1) is 26.5. The molecular formula is C24H48O3. The minimum atomic E-state index is -0.437. The molecule has 0 spiro atoms. The summed E-state index contributed by atoms with van der Waals surface area (Å²) >= 11 is 0. The van der Waals surface area contributed by atoms with Gasteiger partial charge in [0.25, 0.3) is 0 Å². The van der Waals surface area contributed by atoms with Crippen molar-refractivity contribution < 1.29 is 14.2 Å². The first-order chi connectivity index (χ1) is 13.1. The van der Waals surface area contributed by atoms with Crippen molar-refractivity contribution in [2.24, 2.45) is 5.92 Å². The molecule has 0 amide bonds. The highest BCUT2D eigenvalue weighted by molar-refractivity contribution is 4.75. The van der Waals surface area contributed by atoms with Gasteiger partial charge >= 0.3 is 0 Å². The molecule has 0 aromatic rings. The first-order valence-corrected chi connectivity index (χ1v) is 11.5. The van der Waals surface area contributed by atoms with Gasteiger partial charge in [-0.25, -0.2) is 0 Å². The third-order valence-corrected chi connectivity index (χ3v) is 5.76. The van der Waals surface area contributed by atoms with Crippen LogP contribution in [-0.4, -0.2) is 26.6 Å². The summed E-state index contributed by atoms with van der Waals surface area (Å²) in [4.78, 5) is 0. The number of ether oxygens (including phenoxy) is 3. The van der Waals surface area contributed by atoms with Crippen LogP contribution in [0.5, 0.6) is 0 Å². The van der Waals surface area contributed by atoms with E-state index in [0.29, 0.717) is 5.92 Å². The van der Waals surface area contributed by atoms with E-state index in [0.717, 1.165) is 13.0 Å². The largest absolute Gasteiger partial charge is 0.502 e. The quantitative estimate of drug-likeness (QED) is 0.123. The van der Waals surface area contributed by atoms with Crippen LogP contribution in [-0.2, 0) is 14.2 Å². The number of hydrogen-bond donors (Lipinski definition) is 0. The molecule has 0 bridgehead atoms. The summed E-state index contributed by atoms with van der Waals surface area (Å²) in [7, 11) is 3.57. The van der Waals surface area contributed by atoms with Crippen LogP contribution < -0.4 is 0 Å². The molecule has 0 saturated carbocycles. The summed E-state index contributed by atoms with van der Waals surface area (Å²) < 4.78 is 16.9. The molecule has 0 saturated heterocycles. The SMILES string of the molecule is CC=COCCCCCCCCC(CCCCCCCC)C(C)(OC)OC. The molecule has 0 N–H and O–H groups in total. The summed E-state index contributed by atoms with van der Waals surface area (Å²) in [5.41, 5.74) is 0. The van der Waals surface area contributed by atoms with Crippen molar-refractivity contribution in [1.82, 2.24) is 0 Å². The van der Waals surface area contributed by atoms with Crippen molar-refractivity contribution in [2.75, 3.05) is 20.8 Å². The van der Waals surface area contributed by atoms with Crippen LogP contribution in [0.25, 0.3) is 0 Å². The minimum Gasteiger partial charge on any atom is -0.502 e. The van der Waals surface area contributed by atoms with Gasteiger partial charge in [-0.3, -0.25) is 0 Å². The van der Waals surface area contributed by atoms with E-state index in [1.54, 1.807) is 20.5 Å². The highest BCUT2D eigenvalue weighted by Gasteiger charge is 2.33. The van der Waals surface area contributed by atoms with Crippen molar-refractivity contribution >= 4 is 0 Å². The average molecular weight is 385 g/mol. The number of allylic oxidation sites excluding steroid dienone is 1. The van der Waals surface area contributed by atoms with E-state index >= 15 is 0 Å². The monoisotopic (exact) mass is 384 g/mol. The maximum atomic E-state index is 5.75. The van der Waals surface area contributed by atoms with Crippen molar-refractivity contribution in [3.05, 3.63) is 12.3 Å². The van der Waals surface area contributed by atoms with Gasteiger partial charge in [0.2, 0.25) is 0 Å². The molecule has 3 nitrogen and oxygen atoms in total. The van der Waals surface area contributed by atoms with Crippen LogP contribution in [0, 0.1) is 5.92 Å². The fourth-order valence-electron chi connectivity index (χ4n) is 3.70. The summed E-state index contributed by atoms with van der Waals surface area (Å²) in [5, 5.41) is 0. The highest BCUT2D eigenvalue weighted by atomic mass is 16.7. The van der Waals surface area contributed by atoms with Crippen molar-refractivity contribution in [3.63, 3.8) is 0 Å². The minimum absolute atomic E-state index is 0.437. The molecule has 0 rings (SSSR count). The number of rotatable bonds is 20. The Morgan fingerprint density at radius 2 is 1.22 bits per heavy atom. The van der Waals surface area contributed by atoms with Gasteiger partial charge in [-0.1, -0.05) is 83.6 Å². The Morgan fingerprint density at radius 1 is 0.741 bits per heavy atom. The van der Waals surface area contributed by atoms with E-state index in [9.17, 15) is 0 Å². The Balaban J connectivity index is 3.97. The lowest BCUT2D eigenvalue weighted by atomic mass is 9.87. The molecule has 0 aliphatic heterocycles. The molecule has 3 heteroatoms. The Morgan fingerprint density at radius 3 is 1.70 bits per heavy atom. The van der Waals surface area contributed by atoms with Crippen LogP contribution in [0.15, 0.2) is 12.3 Å². The average Bonchev–Trinajstić information content (AvgIpc) is 2.69. The fraction of sp³-hybridized carbons (Fsp3) is 0.917. The molecule has 0 radical (unpaired) electrons. The normalized spacial score (nSPS) is 13.4. The highest BCUT2D eigenvalue weighted by Crippen LogP contribution is 2.32. The van der Waals surface area contributed by atoms with E-state index in [2.05, 4.69) is 13.8 Å². The molecule has 0 fully saturated rings. The second-order valence-electron chi connectivity index (χ2n) is 7.93. The van der Waals surface area contributed by atoms with E-state index in [4.69, 9.17) is 14.2 Å². The second kappa shape index (κ2) is 18.8. The van der Waals surface area contributed by atoms with Gasteiger partial charge in [-0.05, 0) is 33.1 Å². The number of methoxy groups -OCH3 is 2. The molecule has 0 aliphatic rings. The lowest BCUT2D eigenvalue weighted by Gasteiger charge is -2.35. The number of unbranched alkanes of at least 4 members (excludes halogenated alkanes) is 10. The third kappa shape index (κ3) is 14.2. The zero-order chi connectivity index (χ0) is 20.2. The Kier molecular flexibility index (Phi) is 18.4. The predicted octanol–water partition coefficient (Wildman–Crippen LogP) is 7.64. The summed E-state index contributed by atoms with van der Waals surface area (Å²) in [6.07, 6.45) is 21.9. The standard InChI is InChI=1S/C24H48O3/c1-6-8-9-10-13-16-19-23(24(3,25-4)26-5)20-17-14-11-12-15-18-22-27-21-7-2/h7,21,23H,6,8-20,22H2,1-5H3. The maximum Gasteiger partial charge on any atom is 0.167 e. The summed E-state index contributed by atoms with van der Waals surface area (Å²) in [5.74, 6) is 0.0565. The molecule has 162 valence electrons. The fourth-order valence-corrected chi connectivity index (χ4v) is 3.70. The van der Waals surface area contributed by atoms with E-state index in [-0.39, 0.29) is 0 Å². The van der Waals surface area contributed by atoms with Gasteiger partial charge in [-0.15, -0.1) is 0 Å². The van der Waals surface area contributed by atoms with Crippen molar-refractivity contribution in [2.45, 2.75) is 116 Å². The van der Waals surface area contributed by atoms with Crippen LogP contribution in [0.2, 0.25) is 0 Å². The first-order valence-electron chi connectivity index (χ1n) is 11.5. The molecular weight excluding hydrogens is 336 g/mol. The maximum absolute atomic E-state index is 5.75. The summed E-state index contributed by atoms with van der Waals surface area (Å²) in [6.45, 7) is 7.22. The van der Waals surface area contributed by atoms with Gasteiger partial charge in [0.1, 0.15) is 0 Å². The van der Waals surface area contributed by atoms with E-state index < -0.39 is 5.79 Å². The molecule has 27 heavy (non-hydrogen) atoms. The summed E-state index contributed by atoms with van der Waals surface area (Å²) in [6, 6.07) is 0. The van der Waals surface area contributed by atoms with Gasteiger partial charge in [0, 0.05) is 20.1 Å². The van der Waals surface area contributed by atoms with Gasteiger partial charge in [-0.2, -0.15) is 0 Å². The Labute approximate surface area is 170 Å². The van der Waals surface area contributed by atoms with Gasteiger partial charge < -0.3 is 14.2 Å². The third-order valence-electron chi connectivity index (χ3n) is 5.76.